The number of carbonyl (C=O) groups is 1. The van der Waals surface area contributed by atoms with Crippen molar-refractivity contribution in [3.05, 3.63) is 83.4 Å². The van der Waals surface area contributed by atoms with Gasteiger partial charge in [-0.05, 0) is 54.3 Å². The molecule has 0 saturated heterocycles. The first kappa shape index (κ1) is 16.3. The number of carbonyl (C=O) groups excluding carboxylic acids is 1. The fourth-order valence-corrected chi connectivity index (χ4v) is 3.05. The molecule has 1 N–H and O–H groups in total. The number of amides is 1. The van der Waals surface area contributed by atoms with Crippen molar-refractivity contribution in [3.63, 3.8) is 0 Å². The number of nitrogens with one attached hydrogen (secondary N) is 1. The second-order valence-corrected chi connectivity index (χ2v) is 6.65. The molecule has 0 heterocycles. The summed E-state index contributed by atoms with van der Waals surface area (Å²) in [4.78, 5) is 12.8. The summed E-state index contributed by atoms with van der Waals surface area (Å²) >= 11 is 0. The minimum absolute atomic E-state index is 0.0226. The zero-order valence-corrected chi connectivity index (χ0v) is 14.5. The maximum Gasteiger partial charge on any atom is 0.252 e. The Morgan fingerprint density at radius 3 is 2.33 bits per heavy atom. The molecule has 0 radical (unpaired) electrons. The molecule has 0 unspecified atom stereocenters. The van der Waals surface area contributed by atoms with Gasteiger partial charge in [0.15, 0.2) is 0 Å². The van der Waals surface area contributed by atoms with Crippen LogP contribution in [0.3, 0.4) is 0 Å². The van der Waals surface area contributed by atoms with Gasteiger partial charge in [0.05, 0.1) is 5.54 Å². The van der Waals surface area contributed by atoms with E-state index < -0.39 is 5.54 Å². The molecule has 122 valence electrons. The number of hydrogen-bond acceptors (Lipinski definition) is 1. The van der Waals surface area contributed by atoms with E-state index in [0.29, 0.717) is 0 Å². The SMILES string of the molecule is CCc1ccccc1C(=O)NC(C)(C)c1ccc2ccccc2c1. The molecule has 0 aromatic heterocycles. The highest BCUT2D eigenvalue weighted by atomic mass is 16.1. The summed E-state index contributed by atoms with van der Waals surface area (Å²) in [5.74, 6) is -0.0226. The van der Waals surface area contributed by atoms with Crippen molar-refractivity contribution in [1.82, 2.24) is 5.32 Å². The van der Waals surface area contributed by atoms with Gasteiger partial charge in [-0.25, -0.2) is 0 Å². The predicted molar refractivity (Wildman–Crippen MR) is 100 cm³/mol. The number of hydrogen-bond donors (Lipinski definition) is 1. The topological polar surface area (TPSA) is 29.1 Å². The fourth-order valence-electron chi connectivity index (χ4n) is 3.05. The lowest BCUT2D eigenvalue weighted by molar-refractivity contribution is 0.0911. The third-order valence-electron chi connectivity index (χ3n) is 4.54. The summed E-state index contributed by atoms with van der Waals surface area (Å²) in [6.45, 7) is 6.16. The third kappa shape index (κ3) is 3.18. The quantitative estimate of drug-likeness (QED) is 0.715. The highest BCUT2D eigenvalue weighted by Gasteiger charge is 2.24. The Labute approximate surface area is 143 Å². The second-order valence-electron chi connectivity index (χ2n) is 6.65. The van der Waals surface area contributed by atoms with Crippen LogP contribution in [0.4, 0.5) is 0 Å². The van der Waals surface area contributed by atoms with Gasteiger partial charge >= 0.3 is 0 Å². The van der Waals surface area contributed by atoms with Gasteiger partial charge in [0.2, 0.25) is 0 Å². The Hall–Kier alpha value is -2.61. The molecule has 0 aliphatic rings. The third-order valence-corrected chi connectivity index (χ3v) is 4.54. The van der Waals surface area contributed by atoms with Gasteiger partial charge in [-0.15, -0.1) is 0 Å². The van der Waals surface area contributed by atoms with Crippen LogP contribution in [0, 0.1) is 0 Å². The highest BCUT2D eigenvalue weighted by molar-refractivity contribution is 5.96. The van der Waals surface area contributed by atoms with Gasteiger partial charge < -0.3 is 5.32 Å². The predicted octanol–water partition coefficient (Wildman–Crippen LogP) is 5.07. The first-order valence-electron chi connectivity index (χ1n) is 8.41. The van der Waals surface area contributed by atoms with Crippen molar-refractivity contribution in [2.45, 2.75) is 32.7 Å². The molecule has 0 spiro atoms. The number of benzene rings is 3. The van der Waals surface area contributed by atoms with Crippen molar-refractivity contribution in [2.24, 2.45) is 0 Å². The van der Waals surface area contributed by atoms with E-state index in [1.807, 2.05) is 50.2 Å². The van der Waals surface area contributed by atoms with Crippen molar-refractivity contribution >= 4 is 16.7 Å². The van der Waals surface area contributed by atoms with Crippen LogP contribution >= 0.6 is 0 Å². The molecular formula is C22H23NO. The van der Waals surface area contributed by atoms with E-state index in [0.717, 1.165) is 23.1 Å². The molecule has 24 heavy (non-hydrogen) atoms. The minimum Gasteiger partial charge on any atom is -0.343 e. The van der Waals surface area contributed by atoms with Gasteiger partial charge in [0.25, 0.3) is 5.91 Å². The molecule has 0 saturated carbocycles. The lowest BCUT2D eigenvalue weighted by Crippen LogP contribution is -2.41. The Balaban J connectivity index is 1.90. The molecular weight excluding hydrogens is 294 g/mol. The molecule has 0 fully saturated rings. The molecule has 3 rings (SSSR count). The summed E-state index contributed by atoms with van der Waals surface area (Å²) in [5.41, 5.74) is 2.49. The second kappa shape index (κ2) is 6.48. The summed E-state index contributed by atoms with van der Waals surface area (Å²) in [5, 5.41) is 5.58. The van der Waals surface area contributed by atoms with E-state index in [9.17, 15) is 4.79 Å². The Morgan fingerprint density at radius 2 is 1.58 bits per heavy atom. The van der Waals surface area contributed by atoms with Crippen LogP contribution in [0.2, 0.25) is 0 Å². The van der Waals surface area contributed by atoms with Gasteiger partial charge in [-0.2, -0.15) is 0 Å². The van der Waals surface area contributed by atoms with Crippen molar-refractivity contribution in [2.75, 3.05) is 0 Å². The van der Waals surface area contributed by atoms with Crippen molar-refractivity contribution < 1.29 is 4.79 Å². The van der Waals surface area contributed by atoms with E-state index in [1.165, 1.54) is 10.8 Å². The summed E-state index contributed by atoms with van der Waals surface area (Å²) in [6, 6.07) is 22.4. The molecule has 3 aromatic rings. The lowest BCUT2D eigenvalue weighted by atomic mass is 9.91. The van der Waals surface area contributed by atoms with E-state index >= 15 is 0 Å². The monoisotopic (exact) mass is 317 g/mol. The Bertz CT molecular complexity index is 880. The van der Waals surface area contributed by atoms with Crippen LogP contribution in [0.5, 0.6) is 0 Å². The van der Waals surface area contributed by atoms with Crippen LogP contribution in [0.15, 0.2) is 66.7 Å². The number of aryl methyl sites for hydroxylation is 1. The summed E-state index contributed by atoms with van der Waals surface area (Å²) < 4.78 is 0. The molecule has 2 nitrogen and oxygen atoms in total. The summed E-state index contributed by atoms with van der Waals surface area (Å²) in [7, 11) is 0. The minimum atomic E-state index is -0.442. The van der Waals surface area contributed by atoms with E-state index in [1.54, 1.807) is 0 Å². The van der Waals surface area contributed by atoms with Gasteiger partial charge in [0, 0.05) is 5.56 Å². The first-order chi connectivity index (χ1) is 11.5. The smallest absolute Gasteiger partial charge is 0.252 e. The fraction of sp³-hybridized carbons (Fsp3) is 0.227. The lowest BCUT2D eigenvalue weighted by Gasteiger charge is -2.28. The molecule has 0 aliphatic heterocycles. The standard InChI is InChI=1S/C22H23NO/c1-4-16-9-7-8-12-20(16)21(24)23-22(2,3)19-14-13-17-10-5-6-11-18(17)15-19/h5-15H,4H2,1-3H3,(H,23,24). The Morgan fingerprint density at radius 1 is 0.917 bits per heavy atom. The zero-order chi connectivity index (χ0) is 17.2. The number of rotatable bonds is 4. The van der Waals surface area contributed by atoms with Crippen LogP contribution in [-0.2, 0) is 12.0 Å². The molecule has 2 heteroatoms. The van der Waals surface area contributed by atoms with Gasteiger partial charge in [0.1, 0.15) is 0 Å². The normalized spacial score (nSPS) is 11.5. The first-order valence-corrected chi connectivity index (χ1v) is 8.41. The van der Waals surface area contributed by atoms with Crippen LogP contribution in [0.1, 0.15) is 42.3 Å². The van der Waals surface area contributed by atoms with E-state index in [4.69, 9.17) is 0 Å². The van der Waals surface area contributed by atoms with E-state index in [2.05, 4.69) is 42.6 Å². The van der Waals surface area contributed by atoms with Crippen molar-refractivity contribution in [3.8, 4) is 0 Å². The van der Waals surface area contributed by atoms with Crippen LogP contribution in [-0.4, -0.2) is 5.91 Å². The van der Waals surface area contributed by atoms with E-state index in [-0.39, 0.29) is 5.91 Å². The largest absolute Gasteiger partial charge is 0.343 e. The number of fused-ring (bicyclic) bond motifs is 1. The maximum absolute atomic E-state index is 12.8. The van der Waals surface area contributed by atoms with Gasteiger partial charge in [-0.1, -0.05) is 61.5 Å². The molecule has 3 aromatic carbocycles. The summed E-state index contributed by atoms with van der Waals surface area (Å²) in [6.07, 6.45) is 0.847. The molecule has 0 bridgehead atoms. The highest BCUT2D eigenvalue weighted by Crippen LogP contribution is 2.25. The molecule has 0 atom stereocenters. The average molecular weight is 317 g/mol. The van der Waals surface area contributed by atoms with Crippen molar-refractivity contribution in [1.29, 1.82) is 0 Å². The van der Waals surface area contributed by atoms with Crippen LogP contribution < -0.4 is 5.32 Å². The molecule has 0 aliphatic carbocycles. The Kier molecular flexibility index (Phi) is 4.39. The van der Waals surface area contributed by atoms with Crippen LogP contribution in [0.25, 0.3) is 10.8 Å². The zero-order valence-electron chi connectivity index (χ0n) is 14.5. The maximum atomic E-state index is 12.8. The molecule has 1 amide bonds. The van der Waals surface area contributed by atoms with Gasteiger partial charge in [-0.3, -0.25) is 4.79 Å². The average Bonchev–Trinajstić information content (AvgIpc) is 2.60.